The quantitative estimate of drug-likeness (QED) is 0.428. The molecule has 0 amide bonds. The standard InChI is InChI=1S/C19H18SSi/c20-16-21(17-10-4-1-5-11-17,18-12-6-2-7-13-18)19-14-8-3-9-15-19/h1-15,20H,16H2. The molecule has 104 valence electrons. The van der Waals surface area contributed by atoms with E-state index in [1.165, 1.54) is 15.6 Å². The smallest absolute Gasteiger partial charge is 0.157 e. The highest BCUT2D eigenvalue weighted by Gasteiger charge is 2.37. The summed E-state index contributed by atoms with van der Waals surface area (Å²) in [7, 11) is -2.03. The van der Waals surface area contributed by atoms with Crippen LogP contribution in [0, 0.1) is 0 Å². The molecule has 0 heterocycles. The van der Waals surface area contributed by atoms with E-state index in [0.29, 0.717) is 0 Å². The van der Waals surface area contributed by atoms with Crippen LogP contribution in [0.3, 0.4) is 0 Å². The van der Waals surface area contributed by atoms with E-state index in [2.05, 4.69) is 91.0 Å². The van der Waals surface area contributed by atoms with Crippen LogP contribution in [0.5, 0.6) is 0 Å². The molecule has 0 N–H and O–H groups in total. The molecule has 2 heteroatoms. The minimum absolute atomic E-state index is 0.866. The van der Waals surface area contributed by atoms with E-state index in [-0.39, 0.29) is 0 Å². The molecule has 0 aliphatic rings. The molecular formula is C19H18SSi. The Morgan fingerprint density at radius 1 is 0.524 bits per heavy atom. The molecule has 0 aliphatic heterocycles. The summed E-state index contributed by atoms with van der Waals surface area (Å²) >= 11 is 4.80. The zero-order valence-corrected chi connectivity index (χ0v) is 13.7. The van der Waals surface area contributed by atoms with Crippen LogP contribution in [-0.2, 0) is 0 Å². The van der Waals surface area contributed by atoms with Gasteiger partial charge < -0.3 is 0 Å². The van der Waals surface area contributed by atoms with Crippen molar-refractivity contribution in [3.05, 3.63) is 91.0 Å². The van der Waals surface area contributed by atoms with Gasteiger partial charge in [0.05, 0.1) is 0 Å². The SMILES string of the molecule is SC[Si](c1ccccc1)(c1ccccc1)c1ccccc1. The topological polar surface area (TPSA) is 0 Å². The maximum absolute atomic E-state index is 4.80. The monoisotopic (exact) mass is 306 g/mol. The van der Waals surface area contributed by atoms with Crippen LogP contribution in [0.2, 0.25) is 0 Å². The normalized spacial score (nSPS) is 11.3. The molecule has 0 bridgehead atoms. The molecule has 0 aliphatic carbocycles. The van der Waals surface area contributed by atoms with Gasteiger partial charge in [0.1, 0.15) is 0 Å². The number of hydrogen-bond donors (Lipinski definition) is 1. The van der Waals surface area contributed by atoms with Crippen molar-refractivity contribution in [3.63, 3.8) is 0 Å². The second-order valence-electron chi connectivity index (χ2n) is 5.16. The molecule has 0 aromatic heterocycles. The van der Waals surface area contributed by atoms with Crippen molar-refractivity contribution >= 4 is 36.3 Å². The molecule has 0 saturated heterocycles. The fourth-order valence-electron chi connectivity index (χ4n) is 2.94. The lowest BCUT2D eigenvalue weighted by Gasteiger charge is -2.32. The Balaban J connectivity index is 2.29. The molecule has 0 atom stereocenters. The Morgan fingerprint density at radius 3 is 1.05 bits per heavy atom. The number of thiol groups is 1. The molecule has 3 aromatic rings. The predicted molar refractivity (Wildman–Crippen MR) is 97.8 cm³/mol. The van der Waals surface area contributed by atoms with Gasteiger partial charge in [0.15, 0.2) is 8.07 Å². The van der Waals surface area contributed by atoms with E-state index in [0.717, 1.165) is 5.38 Å². The maximum Gasteiger partial charge on any atom is 0.157 e. The summed E-state index contributed by atoms with van der Waals surface area (Å²) in [6.45, 7) is 0. The van der Waals surface area contributed by atoms with Crippen LogP contribution in [0.25, 0.3) is 0 Å². The van der Waals surface area contributed by atoms with Crippen LogP contribution in [-0.4, -0.2) is 13.5 Å². The minimum Gasteiger partial charge on any atom is -0.181 e. The van der Waals surface area contributed by atoms with E-state index >= 15 is 0 Å². The van der Waals surface area contributed by atoms with Gasteiger partial charge in [-0.2, -0.15) is 12.6 Å². The Morgan fingerprint density at radius 2 is 0.810 bits per heavy atom. The highest BCUT2D eigenvalue weighted by Crippen LogP contribution is 2.09. The van der Waals surface area contributed by atoms with Gasteiger partial charge in [-0.15, -0.1) is 0 Å². The van der Waals surface area contributed by atoms with Gasteiger partial charge >= 0.3 is 0 Å². The first-order valence-electron chi connectivity index (χ1n) is 7.15. The van der Waals surface area contributed by atoms with E-state index in [1.807, 2.05) is 0 Å². The maximum atomic E-state index is 4.80. The molecule has 3 aromatic carbocycles. The summed E-state index contributed by atoms with van der Waals surface area (Å²) in [4.78, 5) is 0. The van der Waals surface area contributed by atoms with Crippen molar-refractivity contribution in [2.75, 3.05) is 5.38 Å². The first-order chi connectivity index (χ1) is 10.4. The number of benzene rings is 3. The molecule has 0 saturated carbocycles. The largest absolute Gasteiger partial charge is 0.181 e. The Kier molecular flexibility index (Phi) is 4.27. The molecule has 0 spiro atoms. The van der Waals surface area contributed by atoms with Crippen LogP contribution < -0.4 is 15.6 Å². The highest BCUT2D eigenvalue weighted by molar-refractivity contribution is 7.83. The van der Waals surface area contributed by atoms with Gasteiger partial charge in [-0.1, -0.05) is 91.0 Å². The van der Waals surface area contributed by atoms with Crippen LogP contribution in [0.1, 0.15) is 0 Å². The first-order valence-corrected chi connectivity index (χ1v) is 9.99. The fourth-order valence-corrected chi connectivity index (χ4v) is 8.42. The highest BCUT2D eigenvalue weighted by atomic mass is 32.1. The van der Waals surface area contributed by atoms with Gasteiger partial charge in [0.25, 0.3) is 0 Å². The van der Waals surface area contributed by atoms with Crippen molar-refractivity contribution in [2.24, 2.45) is 0 Å². The van der Waals surface area contributed by atoms with Crippen molar-refractivity contribution in [1.29, 1.82) is 0 Å². The summed E-state index contributed by atoms with van der Waals surface area (Å²) in [6.07, 6.45) is 0. The molecule has 3 rings (SSSR count). The van der Waals surface area contributed by atoms with Crippen molar-refractivity contribution < 1.29 is 0 Å². The summed E-state index contributed by atoms with van der Waals surface area (Å²) in [5.74, 6) is 0. The summed E-state index contributed by atoms with van der Waals surface area (Å²) in [6, 6.07) is 32.5. The van der Waals surface area contributed by atoms with Gasteiger partial charge in [0, 0.05) is 0 Å². The molecular weight excluding hydrogens is 288 g/mol. The second kappa shape index (κ2) is 6.33. The van der Waals surface area contributed by atoms with Crippen LogP contribution >= 0.6 is 12.6 Å². The van der Waals surface area contributed by atoms with Gasteiger partial charge in [-0.05, 0) is 20.9 Å². The average molecular weight is 307 g/mol. The Hall–Kier alpha value is -1.77. The fraction of sp³-hybridized carbons (Fsp3) is 0.0526. The average Bonchev–Trinajstić information content (AvgIpc) is 2.59. The van der Waals surface area contributed by atoms with E-state index in [4.69, 9.17) is 12.6 Å². The second-order valence-corrected chi connectivity index (χ2v) is 9.97. The molecule has 0 nitrogen and oxygen atoms in total. The summed E-state index contributed by atoms with van der Waals surface area (Å²) < 4.78 is 0. The third-order valence-corrected chi connectivity index (χ3v) is 9.89. The third kappa shape index (κ3) is 2.57. The molecule has 0 fully saturated rings. The Labute approximate surface area is 132 Å². The van der Waals surface area contributed by atoms with Crippen LogP contribution in [0.15, 0.2) is 91.0 Å². The molecule has 0 unspecified atom stereocenters. The number of rotatable bonds is 4. The minimum atomic E-state index is -2.03. The Bertz CT molecular complexity index is 584. The van der Waals surface area contributed by atoms with Gasteiger partial charge in [0.2, 0.25) is 0 Å². The zero-order valence-electron chi connectivity index (χ0n) is 11.8. The molecule has 0 radical (unpaired) electrons. The van der Waals surface area contributed by atoms with E-state index in [1.54, 1.807) is 0 Å². The molecule has 21 heavy (non-hydrogen) atoms. The lowest BCUT2D eigenvalue weighted by atomic mass is 10.3. The zero-order chi connectivity index (χ0) is 14.5. The van der Waals surface area contributed by atoms with Crippen LogP contribution in [0.4, 0.5) is 0 Å². The van der Waals surface area contributed by atoms with Crippen molar-refractivity contribution in [3.8, 4) is 0 Å². The summed E-state index contributed by atoms with van der Waals surface area (Å²) in [5, 5.41) is 5.11. The van der Waals surface area contributed by atoms with Crippen molar-refractivity contribution in [1.82, 2.24) is 0 Å². The lowest BCUT2D eigenvalue weighted by molar-refractivity contribution is 1.66. The number of hydrogen-bond acceptors (Lipinski definition) is 1. The summed E-state index contributed by atoms with van der Waals surface area (Å²) in [5.41, 5.74) is 0. The third-order valence-electron chi connectivity index (χ3n) is 4.04. The van der Waals surface area contributed by atoms with E-state index < -0.39 is 8.07 Å². The van der Waals surface area contributed by atoms with E-state index in [9.17, 15) is 0 Å². The van der Waals surface area contributed by atoms with Gasteiger partial charge in [-0.3, -0.25) is 0 Å². The lowest BCUT2D eigenvalue weighted by Crippen LogP contribution is -2.69. The van der Waals surface area contributed by atoms with Gasteiger partial charge in [-0.25, -0.2) is 0 Å². The first kappa shape index (κ1) is 14.2. The predicted octanol–water partition coefficient (Wildman–Crippen LogP) is 2.63. The van der Waals surface area contributed by atoms with Crippen molar-refractivity contribution in [2.45, 2.75) is 0 Å².